The number of aliphatic hydroxyl groups excluding tert-OH is 1. The average Bonchev–Trinajstić information content (AvgIpc) is 3.22. The van der Waals surface area contributed by atoms with Gasteiger partial charge in [-0.3, -0.25) is 4.79 Å². The third-order valence-corrected chi connectivity index (χ3v) is 16.6. The van der Waals surface area contributed by atoms with Crippen molar-refractivity contribution in [1.29, 1.82) is 0 Å². The molecule has 9 fully saturated rings. The molecule has 2 bridgehead atoms. The molecule has 2 N–H and O–H groups in total. The van der Waals surface area contributed by atoms with Gasteiger partial charge in [0.1, 0.15) is 0 Å². The summed E-state index contributed by atoms with van der Waals surface area (Å²) < 4.78 is 20.4. The van der Waals surface area contributed by atoms with E-state index in [1.165, 1.54) is 32.1 Å². The van der Waals surface area contributed by atoms with E-state index in [0.717, 1.165) is 51.4 Å². The van der Waals surface area contributed by atoms with E-state index in [1.807, 2.05) is 6.92 Å². The summed E-state index contributed by atoms with van der Waals surface area (Å²) in [7, 11) is 0. The molecule has 9 unspecified atom stereocenters. The first-order chi connectivity index (χ1) is 22.3. The van der Waals surface area contributed by atoms with E-state index in [-0.39, 0.29) is 47.6 Å². The number of hydrogen-bond donors (Lipinski definition) is 2. The Bertz CT molecular complexity index is 1210. The lowest BCUT2D eigenvalue weighted by atomic mass is 9.43. The Hall–Kier alpha value is -0.770. The molecule has 9 rings (SSSR count). The van der Waals surface area contributed by atoms with Crippen LogP contribution in [0.2, 0.25) is 0 Å². The number of carboxylic acids is 1. The van der Waals surface area contributed by atoms with Gasteiger partial charge in [-0.2, -0.15) is 0 Å². The topological polar surface area (TPSA) is 104 Å². The van der Waals surface area contributed by atoms with Crippen molar-refractivity contribution in [3.8, 4) is 0 Å². The van der Waals surface area contributed by atoms with Crippen molar-refractivity contribution in [1.82, 2.24) is 0 Å². The SMILES string of the molecule is C[C@H]1C(O[C@@H]2CC[C@@]3(C)C(CC(O)C4C3CC[C@@]3(C)C4CC[C@@H]3[C@H](C)CCC(=O)O)C2)OC2O[C@]3(C)CCC4[C@H](C)CCC1[C@@]24OO3. The normalized spacial score (nSPS) is 57.2. The predicted octanol–water partition coefficient (Wildman–Crippen LogP) is 7.71. The third kappa shape index (κ3) is 4.98. The first kappa shape index (κ1) is 33.4. The maximum atomic E-state index is 11.9. The van der Waals surface area contributed by atoms with Gasteiger partial charge in [0.05, 0.1) is 12.2 Å². The van der Waals surface area contributed by atoms with Crippen molar-refractivity contribution >= 4 is 5.97 Å². The Morgan fingerprint density at radius 1 is 0.872 bits per heavy atom. The Kier molecular flexibility index (Phi) is 8.26. The van der Waals surface area contributed by atoms with Gasteiger partial charge in [-0.25, -0.2) is 9.78 Å². The predicted molar refractivity (Wildman–Crippen MR) is 174 cm³/mol. The molecular weight excluding hydrogens is 596 g/mol. The summed E-state index contributed by atoms with van der Waals surface area (Å²) in [6.45, 7) is 13.9. The summed E-state index contributed by atoms with van der Waals surface area (Å²) in [4.78, 5) is 23.7. The molecule has 4 heterocycles. The highest BCUT2D eigenvalue weighted by molar-refractivity contribution is 5.66. The number of carboxylic acid groups (broad SMARTS) is 1. The molecule has 8 nitrogen and oxygen atoms in total. The van der Waals surface area contributed by atoms with E-state index in [0.29, 0.717) is 47.3 Å². The summed E-state index contributed by atoms with van der Waals surface area (Å²) in [5, 5.41) is 21.3. The maximum Gasteiger partial charge on any atom is 0.303 e. The van der Waals surface area contributed by atoms with Crippen LogP contribution in [0.3, 0.4) is 0 Å². The van der Waals surface area contributed by atoms with Crippen molar-refractivity contribution in [2.75, 3.05) is 0 Å². The van der Waals surface area contributed by atoms with E-state index in [9.17, 15) is 15.0 Å². The van der Waals surface area contributed by atoms with E-state index < -0.39 is 23.6 Å². The quantitative estimate of drug-likeness (QED) is 0.221. The fourth-order valence-corrected chi connectivity index (χ4v) is 14.1. The Morgan fingerprint density at radius 3 is 2.38 bits per heavy atom. The lowest BCUT2D eigenvalue weighted by molar-refractivity contribution is -0.578. The van der Waals surface area contributed by atoms with Crippen molar-refractivity contribution in [3.05, 3.63) is 0 Å². The van der Waals surface area contributed by atoms with Crippen LogP contribution in [0.25, 0.3) is 0 Å². The maximum absolute atomic E-state index is 11.9. The van der Waals surface area contributed by atoms with Gasteiger partial charge in [-0.15, -0.1) is 0 Å². The second-order valence-electron chi connectivity index (χ2n) is 18.7. The minimum atomic E-state index is -0.782. The lowest BCUT2D eigenvalue weighted by Crippen LogP contribution is -2.70. The number of rotatable bonds is 6. The molecule has 8 heteroatoms. The van der Waals surface area contributed by atoms with Crippen molar-refractivity contribution in [2.45, 2.75) is 168 Å². The average molecular weight is 659 g/mol. The van der Waals surface area contributed by atoms with Crippen LogP contribution in [-0.2, 0) is 28.8 Å². The number of fused-ring (bicyclic) bond motifs is 7. The standard InChI is InChI=1S/C39H62O8/c1-21(8-12-32(41)42)26-10-11-29-33-30(14-17-37(26,29)5)36(4)16-13-25(19-24(36)20-31(33)40)43-34-23(3)28-9-7-22(2)27-15-18-38(6)45-35(44-34)39(27,28)47-46-38/h21-31,33-35,40H,7-20H2,1-6H3,(H,41,42)/t21-,22-,23-,24?,25-,26-,27?,28?,29?,30?,31?,33?,34?,35?,36+,37-,38+,39-/m1/s1. The first-order valence-electron chi connectivity index (χ1n) is 19.5. The van der Waals surface area contributed by atoms with Crippen LogP contribution in [0, 0.1) is 70.0 Å². The summed E-state index contributed by atoms with van der Waals surface area (Å²) in [5.41, 5.74) is -0.142. The van der Waals surface area contributed by atoms with Gasteiger partial charge in [0, 0.05) is 24.7 Å². The molecule has 9 aliphatic rings. The Labute approximate surface area is 282 Å². The zero-order valence-corrected chi connectivity index (χ0v) is 29.8. The minimum Gasteiger partial charge on any atom is -0.481 e. The zero-order valence-electron chi connectivity index (χ0n) is 29.8. The van der Waals surface area contributed by atoms with E-state index in [2.05, 4.69) is 34.6 Å². The van der Waals surface area contributed by atoms with Gasteiger partial charge in [0.15, 0.2) is 18.2 Å². The minimum absolute atomic E-state index is 0.118. The highest BCUT2D eigenvalue weighted by Gasteiger charge is 2.70. The molecule has 0 aromatic rings. The number of hydrogen-bond acceptors (Lipinski definition) is 7. The highest BCUT2D eigenvalue weighted by atomic mass is 17.3. The van der Waals surface area contributed by atoms with E-state index in [4.69, 9.17) is 24.0 Å². The molecule has 4 saturated heterocycles. The van der Waals surface area contributed by atoms with Gasteiger partial charge in [-0.1, -0.05) is 34.6 Å². The Morgan fingerprint density at radius 2 is 1.60 bits per heavy atom. The van der Waals surface area contributed by atoms with Gasteiger partial charge < -0.3 is 24.4 Å². The van der Waals surface area contributed by atoms with Gasteiger partial charge in [0.25, 0.3) is 0 Å². The summed E-state index contributed by atoms with van der Waals surface area (Å²) in [6, 6.07) is 0. The summed E-state index contributed by atoms with van der Waals surface area (Å²) in [6.07, 6.45) is 12.9. The Balaban J connectivity index is 0.961. The zero-order chi connectivity index (χ0) is 33.1. The molecule has 0 amide bonds. The molecule has 5 saturated carbocycles. The lowest BCUT2D eigenvalue weighted by Gasteiger charge is -2.63. The van der Waals surface area contributed by atoms with Gasteiger partial charge in [-0.05, 0) is 142 Å². The van der Waals surface area contributed by atoms with Crippen LogP contribution in [0.15, 0.2) is 0 Å². The van der Waals surface area contributed by atoms with Crippen LogP contribution in [-0.4, -0.2) is 52.4 Å². The monoisotopic (exact) mass is 658 g/mol. The van der Waals surface area contributed by atoms with Crippen LogP contribution in [0.1, 0.15) is 131 Å². The highest BCUT2D eigenvalue weighted by Crippen LogP contribution is 2.69. The molecule has 4 aliphatic heterocycles. The molecular formula is C39H62O8. The van der Waals surface area contributed by atoms with Crippen molar-refractivity contribution in [3.63, 3.8) is 0 Å². The molecule has 266 valence electrons. The van der Waals surface area contributed by atoms with Crippen LogP contribution < -0.4 is 0 Å². The molecule has 18 atom stereocenters. The van der Waals surface area contributed by atoms with Crippen LogP contribution in [0.5, 0.6) is 0 Å². The fraction of sp³-hybridized carbons (Fsp3) is 0.974. The molecule has 0 radical (unpaired) electrons. The number of carbonyl (C=O) groups is 1. The molecule has 47 heavy (non-hydrogen) atoms. The van der Waals surface area contributed by atoms with Crippen LogP contribution in [0.4, 0.5) is 0 Å². The smallest absolute Gasteiger partial charge is 0.303 e. The van der Waals surface area contributed by atoms with Crippen molar-refractivity contribution in [2.24, 2.45) is 70.0 Å². The van der Waals surface area contributed by atoms with E-state index in [1.54, 1.807) is 0 Å². The van der Waals surface area contributed by atoms with Crippen LogP contribution >= 0.6 is 0 Å². The molecule has 5 aliphatic carbocycles. The van der Waals surface area contributed by atoms with Crippen molar-refractivity contribution < 1.29 is 39.0 Å². The fourth-order valence-electron chi connectivity index (χ4n) is 14.1. The second kappa shape index (κ2) is 11.6. The summed E-state index contributed by atoms with van der Waals surface area (Å²) >= 11 is 0. The summed E-state index contributed by atoms with van der Waals surface area (Å²) in [5.74, 6) is 2.72. The second-order valence-corrected chi connectivity index (χ2v) is 18.7. The largest absolute Gasteiger partial charge is 0.481 e. The van der Waals surface area contributed by atoms with Gasteiger partial charge in [0.2, 0.25) is 5.79 Å². The molecule has 0 aromatic carbocycles. The van der Waals surface area contributed by atoms with E-state index >= 15 is 0 Å². The molecule has 0 aromatic heterocycles. The number of aliphatic carboxylic acids is 1. The molecule has 1 spiro atoms. The number of aliphatic hydroxyl groups is 1. The van der Waals surface area contributed by atoms with Gasteiger partial charge >= 0.3 is 5.97 Å². The number of ether oxygens (including phenoxy) is 3. The first-order valence-corrected chi connectivity index (χ1v) is 19.5. The third-order valence-electron chi connectivity index (χ3n) is 16.6.